The van der Waals surface area contributed by atoms with Crippen LogP contribution in [0.25, 0.3) is 0 Å². The number of nitro groups is 1. The van der Waals surface area contributed by atoms with Crippen molar-refractivity contribution < 1.29 is 4.92 Å². The van der Waals surface area contributed by atoms with E-state index in [9.17, 15) is 10.1 Å². The second-order valence-corrected chi connectivity index (χ2v) is 2.23. The highest BCUT2D eigenvalue weighted by atomic mass is 35.5. The largest absolute Gasteiger partial charge is 0.306 e. The Labute approximate surface area is 72.4 Å². The van der Waals surface area contributed by atoms with Gasteiger partial charge in [0.25, 0.3) is 0 Å². The molecule has 0 aliphatic rings. The van der Waals surface area contributed by atoms with E-state index in [4.69, 9.17) is 16.9 Å². The molecule has 0 amide bonds. The molecule has 1 heterocycles. The molecule has 5 nitrogen and oxygen atoms in total. The smallest absolute Gasteiger partial charge is 0.258 e. The number of halogens is 1. The molecule has 0 fully saturated rings. The molecule has 60 valence electrons. The monoisotopic (exact) mass is 183 g/mol. The Hall–Kier alpha value is -1.67. The zero-order chi connectivity index (χ0) is 9.14. The maximum absolute atomic E-state index is 10.2. The van der Waals surface area contributed by atoms with Gasteiger partial charge < -0.3 is 0 Å². The zero-order valence-corrected chi connectivity index (χ0v) is 6.45. The Morgan fingerprint density at radius 3 is 2.75 bits per heavy atom. The second kappa shape index (κ2) is 3.15. The number of nitrogens with zero attached hydrogens (tertiary/aromatic N) is 3. The van der Waals surface area contributed by atoms with Crippen LogP contribution in [-0.2, 0) is 0 Å². The molecule has 0 spiro atoms. The van der Waals surface area contributed by atoms with Crippen molar-refractivity contribution in [3.05, 3.63) is 33.1 Å². The maximum Gasteiger partial charge on any atom is 0.306 e. The van der Waals surface area contributed by atoms with Gasteiger partial charge in [0.2, 0.25) is 5.15 Å². The van der Waals surface area contributed by atoms with Crippen LogP contribution >= 0.6 is 11.6 Å². The lowest BCUT2D eigenvalue weighted by Gasteiger charge is -1.92. The minimum absolute atomic E-state index is 0.0607. The van der Waals surface area contributed by atoms with Gasteiger partial charge in [0.05, 0.1) is 4.92 Å². The topological polar surface area (TPSA) is 79.8 Å². The van der Waals surface area contributed by atoms with Crippen molar-refractivity contribution in [3.63, 3.8) is 0 Å². The summed E-state index contributed by atoms with van der Waals surface area (Å²) in [5, 5.41) is 18.3. The van der Waals surface area contributed by atoms with Crippen LogP contribution in [0.4, 0.5) is 5.69 Å². The molecule has 6 heteroatoms. The summed E-state index contributed by atoms with van der Waals surface area (Å²) < 4.78 is 0. The molecule has 0 N–H and O–H groups in total. The molecule has 1 aromatic heterocycles. The third-order valence-electron chi connectivity index (χ3n) is 1.14. The summed E-state index contributed by atoms with van der Waals surface area (Å²) in [4.78, 5) is 13.0. The van der Waals surface area contributed by atoms with Crippen molar-refractivity contribution in [2.24, 2.45) is 0 Å². The molecule has 0 saturated carbocycles. The van der Waals surface area contributed by atoms with Crippen molar-refractivity contribution in [2.75, 3.05) is 0 Å². The van der Waals surface area contributed by atoms with Gasteiger partial charge in [-0.1, -0.05) is 11.6 Å². The summed E-state index contributed by atoms with van der Waals surface area (Å²) in [6, 6.07) is 4.10. The first-order chi connectivity index (χ1) is 5.65. The minimum atomic E-state index is -0.656. The summed E-state index contributed by atoms with van der Waals surface area (Å²) >= 11 is 5.40. The summed E-state index contributed by atoms with van der Waals surface area (Å²) in [6.07, 6.45) is 0. The molecule has 12 heavy (non-hydrogen) atoms. The number of hydrogen-bond donors (Lipinski definition) is 0. The van der Waals surface area contributed by atoms with E-state index in [0.29, 0.717) is 0 Å². The molecule has 0 aliphatic carbocycles. The lowest BCUT2D eigenvalue weighted by Crippen LogP contribution is -1.92. The highest BCUT2D eigenvalue weighted by Gasteiger charge is 2.12. The van der Waals surface area contributed by atoms with Crippen LogP contribution in [0.2, 0.25) is 5.15 Å². The molecule has 0 aliphatic heterocycles. The number of nitriles is 1. The Morgan fingerprint density at radius 2 is 2.33 bits per heavy atom. The van der Waals surface area contributed by atoms with Crippen molar-refractivity contribution in [1.29, 1.82) is 5.26 Å². The first kappa shape index (κ1) is 8.43. The van der Waals surface area contributed by atoms with E-state index in [1.54, 1.807) is 6.07 Å². The fourth-order valence-corrected chi connectivity index (χ4v) is 0.848. The van der Waals surface area contributed by atoms with Gasteiger partial charge in [-0.05, 0) is 6.07 Å². The van der Waals surface area contributed by atoms with Crippen LogP contribution in [0.3, 0.4) is 0 Å². The SMILES string of the molecule is N#Cc1ccc([N+](=O)[O-])c(Cl)n1. The molecule has 0 atom stereocenters. The lowest BCUT2D eigenvalue weighted by molar-refractivity contribution is -0.385. The van der Waals surface area contributed by atoms with Crippen molar-refractivity contribution in [3.8, 4) is 6.07 Å². The Morgan fingerprint density at radius 1 is 1.67 bits per heavy atom. The van der Waals surface area contributed by atoms with Crippen LogP contribution in [0.15, 0.2) is 12.1 Å². The van der Waals surface area contributed by atoms with Crippen LogP contribution in [0.1, 0.15) is 5.69 Å². The van der Waals surface area contributed by atoms with Gasteiger partial charge in [-0.2, -0.15) is 5.26 Å². The van der Waals surface area contributed by atoms with Gasteiger partial charge in [0.15, 0.2) is 0 Å². The highest BCUT2D eigenvalue weighted by molar-refractivity contribution is 6.31. The normalized spacial score (nSPS) is 9.00. The van der Waals surface area contributed by atoms with Crippen LogP contribution in [0.5, 0.6) is 0 Å². The first-order valence-electron chi connectivity index (χ1n) is 2.86. The Bertz CT molecular complexity index is 372. The standard InChI is InChI=1S/C6H2ClN3O2/c7-6-5(10(11)12)2-1-4(3-8)9-6/h1-2H. The molecule has 0 unspecified atom stereocenters. The number of rotatable bonds is 1. The van der Waals surface area contributed by atoms with E-state index in [2.05, 4.69) is 4.98 Å². The molecule has 0 bridgehead atoms. The van der Waals surface area contributed by atoms with Gasteiger partial charge in [-0.15, -0.1) is 0 Å². The molecule has 0 saturated heterocycles. The molecule has 0 aromatic carbocycles. The van der Waals surface area contributed by atoms with Crippen molar-refractivity contribution >= 4 is 17.3 Å². The van der Waals surface area contributed by atoms with E-state index in [0.717, 1.165) is 6.07 Å². The number of aromatic nitrogens is 1. The van der Waals surface area contributed by atoms with Crippen LogP contribution < -0.4 is 0 Å². The van der Waals surface area contributed by atoms with E-state index >= 15 is 0 Å². The van der Waals surface area contributed by atoms with Crippen molar-refractivity contribution in [1.82, 2.24) is 4.98 Å². The van der Waals surface area contributed by atoms with Crippen LogP contribution in [0, 0.1) is 21.4 Å². The van der Waals surface area contributed by atoms with E-state index in [1.807, 2.05) is 0 Å². The highest BCUT2D eigenvalue weighted by Crippen LogP contribution is 2.20. The molecule has 1 rings (SSSR count). The lowest BCUT2D eigenvalue weighted by atomic mass is 10.3. The van der Waals surface area contributed by atoms with Gasteiger partial charge >= 0.3 is 5.69 Å². The summed E-state index contributed by atoms with van der Waals surface area (Å²) in [7, 11) is 0. The number of hydrogen-bond acceptors (Lipinski definition) is 4. The third-order valence-corrected chi connectivity index (χ3v) is 1.42. The third kappa shape index (κ3) is 1.49. The summed E-state index contributed by atoms with van der Waals surface area (Å²) in [6.45, 7) is 0. The van der Waals surface area contributed by atoms with Crippen molar-refractivity contribution in [2.45, 2.75) is 0 Å². The van der Waals surface area contributed by atoms with Gasteiger partial charge in [-0.25, -0.2) is 4.98 Å². The molecular weight excluding hydrogens is 182 g/mol. The molecule has 0 radical (unpaired) electrons. The molecular formula is C6H2ClN3O2. The summed E-state index contributed by atoms with van der Waals surface area (Å²) in [5.41, 5.74) is -0.235. The zero-order valence-electron chi connectivity index (χ0n) is 5.69. The van der Waals surface area contributed by atoms with Crippen LogP contribution in [-0.4, -0.2) is 9.91 Å². The molecule has 1 aromatic rings. The van der Waals surface area contributed by atoms with E-state index < -0.39 is 4.92 Å². The Balaban J connectivity index is 3.23. The average Bonchev–Trinajstić information content (AvgIpc) is 2.03. The quantitative estimate of drug-likeness (QED) is 0.376. The second-order valence-electron chi connectivity index (χ2n) is 1.88. The fraction of sp³-hybridized carbons (Fsp3) is 0. The first-order valence-corrected chi connectivity index (χ1v) is 3.24. The van der Waals surface area contributed by atoms with E-state index in [1.165, 1.54) is 6.07 Å². The van der Waals surface area contributed by atoms with Gasteiger partial charge in [-0.3, -0.25) is 10.1 Å². The van der Waals surface area contributed by atoms with Gasteiger partial charge in [0, 0.05) is 6.07 Å². The minimum Gasteiger partial charge on any atom is -0.258 e. The fourth-order valence-electron chi connectivity index (χ4n) is 0.625. The van der Waals surface area contributed by atoms with Gasteiger partial charge in [0.1, 0.15) is 11.8 Å². The predicted molar refractivity (Wildman–Crippen MR) is 40.6 cm³/mol. The number of pyridine rings is 1. The average molecular weight is 184 g/mol. The Kier molecular flexibility index (Phi) is 2.21. The predicted octanol–water partition coefficient (Wildman–Crippen LogP) is 1.51. The maximum atomic E-state index is 10.2. The summed E-state index contributed by atoms with van der Waals surface area (Å²) in [5.74, 6) is 0. The van der Waals surface area contributed by atoms with E-state index in [-0.39, 0.29) is 16.5 Å².